The molecule has 2 N–H and O–H groups in total. The van der Waals surface area contributed by atoms with E-state index in [1.807, 2.05) is 0 Å². The molecule has 1 heterocycles. The standard InChI is InChI=1S/C14H13N5O6/c1-18-7-10(6-15-18)14(22)25-8-12(20)16-17-13(21)9-2-4-11(5-3-9)19(23)24/h2-7H,8H2,1H3,(H,16,20)(H,17,21). The molecule has 11 heteroatoms. The highest BCUT2D eigenvalue weighted by Crippen LogP contribution is 2.11. The summed E-state index contributed by atoms with van der Waals surface area (Å²) in [4.78, 5) is 44.9. The van der Waals surface area contributed by atoms with Gasteiger partial charge in [-0.25, -0.2) is 4.79 Å². The molecule has 2 rings (SSSR count). The average molecular weight is 347 g/mol. The lowest BCUT2D eigenvalue weighted by Crippen LogP contribution is -2.43. The number of carbonyl (C=O) groups excluding carboxylic acids is 3. The number of hydrogen-bond acceptors (Lipinski definition) is 7. The Bertz CT molecular complexity index is 813. The Morgan fingerprint density at radius 1 is 1.20 bits per heavy atom. The summed E-state index contributed by atoms with van der Waals surface area (Å²) in [6, 6.07) is 4.79. The second-order valence-corrected chi connectivity index (χ2v) is 4.79. The summed E-state index contributed by atoms with van der Waals surface area (Å²) in [7, 11) is 1.62. The number of aromatic nitrogens is 2. The second kappa shape index (κ2) is 7.68. The van der Waals surface area contributed by atoms with Gasteiger partial charge in [0.1, 0.15) is 0 Å². The van der Waals surface area contributed by atoms with E-state index in [1.165, 1.54) is 29.2 Å². The lowest BCUT2D eigenvalue weighted by molar-refractivity contribution is -0.384. The summed E-state index contributed by atoms with van der Waals surface area (Å²) < 4.78 is 6.16. The highest BCUT2D eigenvalue weighted by molar-refractivity contribution is 5.96. The average Bonchev–Trinajstić information content (AvgIpc) is 3.04. The summed E-state index contributed by atoms with van der Waals surface area (Å²) in [5, 5.41) is 14.3. The van der Waals surface area contributed by atoms with Crippen molar-refractivity contribution in [3.8, 4) is 0 Å². The summed E-state index contributed by atoms with van der Waals surface area (Å²) in [6.07, 6.45) is 2.72. The van der Waals surface area contributed by atoms with E-state index < -0.39 is 29.3 Å². The van der Waals surface area contributed by atoms with E-state index >= 15 is 0 Å². The minimum absolute atomic E-state index is 0.109. The highest BCUT2D eigenvalue weighted by atomic mass is 16.6. The molecule has 0 saturated heterocycles. The predicted octanol–water partition coefficient (Wildman–Crippen LogP) is -0.0537. The Morgan fingerprint density at radius 3 is 2.44 bits per heavy atom. The number of carbonyl (C=O) groups is 3. The first-order valence-electron chi connectivity index (χ1n) is 6.86. The molecule has 0 bridgehead atoms. The molecular formula is C14H13N5O6. The predicted molar refractivity (Wildman–Crippen MR) is 82.2 cm³/mol. The maximum atomic E-state index is 11.8. The van der Waals surface area contributed by atoms with Gasteiger partial charge in [0.2, 0.25) is 0 Å². The number of hydrogen-bond donors (Lipinski definition) is 2. The zero-order chi connectivity index (χ0) is 18.4. The van der Waals surface area contributed by atoms with E-state index in [0.717, 1.165) is 12.1 Å². The van der Waals surface area contributed by atoms with Crippen molar-refractivity contribution in [3.05, 3.63) is 57.9 Å². The van der Waals surface area contributed by atoms with Gasteiger partial charge in [-0.1, -0.05) is 0 Å². The summed E-state index contributed by atoms with van der Waals surface area (Å²) in [5.74, 6) is -2.17. The molecule has 0 fully saturated rings. The Morgan fingerprint density at radius 2 is 1.88 bits per heavy atom. The van der Waals surface area contributed by atoms with E-state index in [0.29, 0.717) is 0 Å². The van der Waals surface area contributed by atoms with E-state index in [4.69, 9.17) is 4.74 Å². The Balaban J connectivity index is 1.78. The molecule has 0 aliphatic heterocycles. The van der Waals surface area contributed by atoms with E-state index in [2.05, 4.69) is 16.0 Å². The van der Waals surface area contributed by atoms with Gasteiger partial charge in [0.15, 0.2) is 6.61 Å². The smallest absolute Gasteiger partial charge is 0.341 e. The number of nitrogens with zero attached hydrogens (tertiary/aromatic N) is 3. The number of aryl methyl sites for hydroxylation is 1. The number of ether oxygens (including phenoxy) is 1. The van der Waals surface area contributed by atoms with Crippen molar-refractivity contribution in [2.45, 2.75) is 0 Å². The summed E-state index contributed by atoms with van der Waals surface area (Å²) in [5.41, 5.74) is 4.29. The van der Waals surface area contributed by atoms with Crippen LogP contribution in [0.1, 0.15) is 20.7 Å². The molecule has 0 unspecified atom stereocenters. The lowest BCUT2D eigenvalue weighted by Gasteiger charge is -2.07. The third kappa shape index (κ3) is 4.86. The molecule has 1 aromatic heterocycles. The zero-order valence-electron chi connectivity index (χ0n) is 13.0. The molecule has 25 heavy (non-hydrogen) atoms. The molecule has 11 nitrogen and oxygen atoms in total. The molecule has 0 aliphatic rings. The van der Waals surface area contributed by atoms with Crippen molar-refractivity contribution in [2.24, 2.45) is 7.05 Å². The van der Waals surface area contributed by atoms with Gasteiger partial charge in [-0.05, 0) is 12.1 Å². The molecule has 2 amide bonds. The third-order valence-electron chi connectivity index (χ3n) is 2.93. The van der Waals surface area contributed by atoms with E-state index in [9.17, 15) is 24.5 Å². The number of non-ortho nitro benzene ring substituents is 1. The van der Waals surface area contributed by atoms with Crippen LogP contribution in [-0.4, -0.2) is 39.1 Å². The highest BCUT2D eigenvalue weighted by Gasteiger charge is 2.13. The van der Waals surface area contributed by atoms with Gasteiger partial charge in [0.25, 0.3) is 17.5 Å². The summed E-state index contributed by atoms with van der Waals surface area (Å²) in [6.45, 7) is -0.603. The molecule has 2 aromatic rings. The van der Waals surface area contributed by atoms with Crippen LogP contribution in [0.2, 0.25) is 0 Å². The summed E-state index contributed by atoms with van der Waals surface area (Å²) >= 11 is 0. The maximum absolute atomic E-state index is 11.8. The van der Waals surface area contributed by atoms with Crippen LogP contribution >= 0.6 is 0 Å². The monoisotopic (exact) mass is 347 g/mol. The molecule has 0 atom stereocenters. The lowest BCUT2D eigenvalue weighted by atomic mass is 10.2. The van der Waals surface area contributed by atoms with Crippen LogP contribution in [0.4, 0.5) is 5.69 Å². The van der Waals surface area contributed by atoms with Gasteiger partial charge >= 0.3 is 5.97 Å². The van der Waals surface area contributed by atoms with Crippen LogP contribution in [0.25, 0.3) is 0 Å². The van der Waals surface area contributed by atoms with Gasteiger partial charge in [-0.2, -0.15) is 5.10 Å². The van der Waals surface area contributed by atoms with Crippen LogP contribution in [0.15, 0.2) is 36.7 Å². The van der Waals surface area contributed by atoms with Gasteiger partial charge in [0, 0.05) is 30.9 Å². The van der Waals surface area contributed by atoms with Crippen molar-refractivity contribution in [1.29, 1.82) is 0 Å². The molecule has 0 aliphatic carbocycles. The normalized spacial score (nSPS) is 9.96. The van der Waals surface area contributed by atoms with Gasteiger partial charge in [-0.15, -0.1) is 0 Å². The minimum atomic E-state index is -0.757. The number of hydrazine groups is 1. The van der Waals surface area contributed by atoms with Gasteiger partial charge in [0.05, 0.1) is 16.7 Å². The first-order valence-corrected chi connectivity index (χ1v) is 6.86. The van der Waals surface area contributed by atoms with Gasteiger partial charge in [-0.3, -0.25) is 35.2 Å². The fourth-order valence-electron chi connectivity index (χ4n) is 1.71. The fourth-order valence-corrected chi connectivity index (χ4v) is 1.71. The number of nitrogens with one attached hydrogen (secondary N) is 2. The van der Waals surface area contributed by atoms with Crippen molar-refractivity contribution < 1.29 is 24.0 Å². The Hall–Kier alpha value is -3.76. The Kier molecular flexibility index (Phi) is 5.40. The fraction of sp³-hybridized carbons (Fsp3) is 0.143. The van der Waals surface area contributed by atoms with Crippen LogP contribution in [0.3, 0.4) is 0 Å². The molecule has 130 valence electrons. The topological polar surface area (TPSA) is 145 Å². The van der Waals surface area contributed by atoms with Crippen molar-refractivity contribution >= 4 is 23.5 Å². The van der Waals surface area contributed by atoms with Crippen molar-refractivity contribution in [3.63, 3.8) is 0 Å². The van der Waals surface area contributed by atoms with Crippen LogP contribution in [0, 0.1) is 10.1 Å². The van der Waals surface area contributed by atoms with Gasteiger partial charge < -0.3 is 4.74 Å². The van der Waals surface area contributed by atoms with E-state index in [1.54, 1.807) is 7.05 Å². The van der Waals surface area contributed by atoms with Crippen molar-refractivity contribution in [2.75, 3.05) is 6.61 Å². The van der Waals surface area contributed by atoms with Crippen molar-refractivity contribution in [1.82, 2.24) is 20.6 Å². The molecule has 0 spiro atoms. The number of amides is 2. The maximum Gasteiger partial charge on any atom is 0.341 e. The number of nitro groups is 1. The second-order valence-electron chi connectivity index (χ2n) is 4.79. The number of rotatable bonds is 5. The van der Waals surface area contributed by atoms with Crippen LogP contribution in [0.5, 0.6) is 0 Å². The zero-order valence-corrected chi connectivity index (χ0v) is 13.0. The van der Waals surface area contributed by atoms with Crippen LogP contribution < -0.4 is 10.9 Å². The minimum Gasteiger partial charge on any atom is -0.452 e. The molecule has 1 aromatic carbocycles. The SMILES string of the molecule is Cn1cc(C(=O)OCC(=O)NNC(=O)c2ccc([N+](=O)[O-])cc2)cn1. The number of benzene rings is 1. The molecule has 0 saturated carbocycles. The first-order chi connectivity index (χ1) is 11.9. The van der Waals surface area contributed by atoms with E-state index in [-0.39, 0.29) is 16.8 Å². The van der Waals surface area contributed by atoms with Crippen LogP contribution in [-0.2, 0) is 16.6 Å². The quantitative estimate of drug-likeness (QED) is 0.438. The Labute approximate surface area is 140 Å². The molecular weight excluding hydrogens is 334 g/mol. The first kappa shape index (κ1) is 17.6. The third-order valence-corrected chi connectivity index (χ3v) is 2.93. The number of esters is 1. The molecule has 0 radical (unpaired) electrons. The number of nitro benzene ring substituents is 1. The largest absolute Gasteiger partial charge is 0.452 e.